The normalized spacial score (nSPS) is 26.0. The van der Waals surface area contributed by atoms with Crippen molar-refractivity contribution < 1.29 is 27.8 Å². The van der Waals surface area contributed by atoms with Crippen molar-refractivity contribution in [2.24, 2.45) is 0 Å². The van der Waals surface area contributed by atoms with Crippen LogP contribution in [0.4, 0.5) is 13.6 Å². The van der Waals surface area contributed by atoms with Gasteiger partial charge in [0.25, 0.3) is 12.2 Å². The minimum atomic E-state index is -2.51. The number of hydrogen-bond acceptors (Lipinski definition) is 4. The molecule has 1 fully saturated rings. The summed E-state index contributed by atoms with van der Waals surface area (Å²) >= 11 is 0. The van der Waals surface area contributed by atoms with E-state index >= 15 is 0 Å². The molecule has 1 heterocycles. The summed E-state index contributed by atoms with van der Waals surface area (Å²) in [5, 5.41) is 0. The fourth-order valence-corrected chi connectivity index (χ4v) is 1.09. The van der Waals surface area contributed by atoms with Crippen LogP contribution in [-0.2, 0) is 14.2 Å². The zero-order valence-electron chi connectivity index (χ0n) is 8.24. The summed E-state index contributed by atoms with van der Waals surface area (Å²) in [7, 11) is 0. The van der Waals surface area contributed by atoms with Crippen LogP contribution < -0.4 is 0 Å². The Morgan fingerprint density at radius 3 is 2.87 bits per heavy atom. The second kappa shape index (κ2) is 5.06. The van der Waals surface area contributed by atoms with E-state index in [1.807, 2.05) is 0 Å². The maximum atomic E-state index is 11.7. The number of cyclic esters (lactones) is 2. The van der Waals surface area contributed by atoms with Gasteiger partial charge >= 0.3 is 6.16 Å². The first kappa shape index (κ1) is 11.9. The van der Waals surface area contributed by atoms with Gasteiger partial charge in [0.05, 0.1) is 6.61 Å². The van der Waals surface area contributed by atoms with Crippen LogP contribution in [-0.4, -0.2) is 31.6 Å². The number of alkyl halides is 2. The summed E-state index contributed by atoms with van der Waals surface area (Å²) in [6, 6.07) is 0. The first-order valence-corrected chi connectivity index (χ1v) is 4.52. The molecule has 15 heavy (non-hydrogen) atoms. The highest BCUT2D eigenvalue weighted by atomic mass is 19.3. The average molecular weight is 222 g/mol. The van der Waals surface area contributed by atoms with Crippen molar-refractivity contribution in [3.8, 4) is 0 Å². The van der Waals surface area contributed by atoms with E-state index < -0.39 is 18.4 Å². The molecule has 0 aliphatic carbocycles. The van der Waals surface area contributed by atoms with E-state index in [0.717, 1.165) is 0 Å². The van der Waals surface area contributed by atoms with Crippen molar-refractivity contribution in [3.05, 3.63) is 12.2 Å². The topological polar surface area (TPSA) is 44.8 Å². The van der Waals surface area contributed by atoms with Crippen LogP contribution >= 0.6 is 0 Å². The SMILES string of the molecule is CCC1(OCC=CC(F)F)COC(=O)O1. The minimum Gasteiger partial charge on any atom is -0.427 e. The third kappa shape index (κ3) is 3.47. The molecule has 0 saturated carbocycles. The molecule has 0 N–H and O–H groups in total. The predicted octanol–water partition coefficient (Wildman–Crippen LogP) is 2.10. The van der Waals surface area contributed by atoms with Gasteiger partial charge in [-0.05, 0) is 6.08 Å². The van der Waals surface area contributed by atoms with Crippen LogP contribution in [0.5, 0.6) is 0 Å². The summed E-state index contributed by atoms with van der Waals surface area (Å²) in [5.41, 5.74) is 0. The quantitative estimate of drug-likeness (QED) is 0.527. The summed E-state index contributed by atoms with van der Waals surface area (Å²) < 4.78 is 38.0. The molecule has 4 nitrogen and oxygen atoms in total. The molecule has 0 spiro atoms. The molecule has 0 bridgehead atoms. The van der Waals surface area contributed by atoms with Crippen LogP contribution in [0, 0.1) is 0 Å². The minimum absolute atomic E-state index is 0.00908. The first-order chi connectivity index (χ1) is 7.08. The van der Waals surface area contributed by atoms with Gasteiger partial charge in [0, 0.05) is 6.42 Å². The summed E-state index contributed by atoms with van der Waals surface area (Å²) in [6.45, 7) is 1.69. The Hall–Kier alpha value is -1.17. The molecule has 0 aromatic carbocycles. The van der Waals surface area contributed by atoms with Gasteiger partial charge in [-0.1, -0.05) is 13.0 Å². The Morgan fingerprint density at radius 2 is 2.40 bits per heavy atom. The van der Waals surface area contributed by atoms with Gasteiger partial charge in [-0.2, -0.15) is 0 Å². The highest BCUT2D eigenvalue weighted by Crippen LogP contribution is 2.25. The van der Waals surface area contributed by atoms with Gasteiger partial charge in [-0.3, -0.25) is 0 Å². The smallest absolute Gasteiger partial charge is 0.427 e. The van der Waals surface area contributed by atoms with Crippen molar-refractivity contribution >= 4 is 6.16 Å². The molecular formula is C9H12F2O4. The molecule has 0 amide bonds. The first-order valence-electron chi connectivity index (χ1n) is 4.52. The lowest BCUT2D eigenvalue weighted by atomic mass is 10.2. The Morgan fingerprint density at radius 1 is 1.67 bits per heavy atom. The van der Waals surface area contributed by atoms with Crippen molar-refractivity contribution in [2.75, 3.05) is 13.2 Å². The molecular weight excluding hydrogens is 210 g/mol. The fourth-order valence-electron chi connectivity index (χ4n) is 1.09. The predicted molar refractivity (Wildman–Crippen MR) is 46.6 cm³/mol. The highest BCUT2D eigenvalue weighted by Gasteiger charge is 2.41. The van der Waals surface area contributed by atoms with Crippen LogP contribution in [0.1, 0.15) is 13.3 Å². The molecule has 1 unspecified atom stereocenters. The molecule has 86 valence electrons. The van der Waals surface area contributed by atoms with E-state index in [1.54, 1.807) is 6.92 Å². The second-order valence-electron chi connectivity index (χ2n) is 2.98. The Labute approximate surface area is 85.8 Å². The lowest BCUT2D eigenvalue weighted by Crippen LogP contribution is -2.34. The third-order valence-electron chi connectivity index (χ3n) is 1.94. The number of carbonyl (C=O) groups is 1. The van der Waals surface area contributed by atoms with Crippen molar-refractivity contribution in [2.45, 2.75) is 25.6 Å². The molecule has 0 aromatic rings. The molecule has 1 saturated heterocycles. The standard InChI is InChI=1S/C9H12F2O4/c1-2-9(6-13-8(12)15-9)14-5-3-4-7(10)11/h3-4,7H,2,5-6H2,1H3. The van der Waals surface area contributed by atoms with Crippen LogP contribution in [0.15, 0.2) is 12.2 Å². The zero-order chi connectivity index (χ0) is 11.3. The van der Waals surface area contributed by atoms with Gasteiger partial charge in [0.2, 0.25) is 0 Å². The monoisotopic (exact) mass is 222 g/mol. The maximum absolute atomic E-state index is 11.7. The Bertz CT molecular complexity index is 254. The molecule has 6 heteroatoms. The Kier molecular flexibility index (Phi) is 4.02. The molecule has 1 aliphatic heterocycles. The van der Waals surface area contributed by atoms with Gasteiger partial charge in [0.15, 0.2) is 6.61 Å². The summed E-state index contributed by atoms with van der Waals surface area (Å²) in [5.74, 6) is -1.12. The molecule has 1 rings (SSSR count). The fraction of sp³-hybridized carbons (Fsp3) is 0.667. The van der Waals surface area contributed by atoms with Crippen molar-refractivity contribution in [3.63, 3.8) is 0 Å². The molecule has 0 radical (unpaired) electrons. The van der Waals surface area contributed by atoms with E-state index in [1.165, 1.54) is 6.08 Å². The summed E-state index contributed by atoms with van der Waals surface area (Å²) in [4.78, 5) is 10.7. The van der Waals surface area contributed by atoms with E-state index in [9.17, 15) is 13.6 Å². The number of ether oxygens (including phenoxy) is 3. The van der Waals surface area contributed by atoms with E-state index in [4.69, 9.17) is 9.47 Å². The van der Waals surface area contributed by atoms with Gasteiger partial charge in [-0.25, -0.2) is 13.6 Å². The number of rotatable bonds is 5. The van der Waals surface area contributed by atoms with Crippen LogP contribution in [0.2, 0.25) is 0 Å². The maximum Gasteiger partial charge on any atom is 0.511 e. The van der Waals surface area contributed by atoms with E-state index in [2.05, 4.69) is 4.74 Å². The average Bonchev–Trinajstić information content (AvgIpc) is 2.56. The second-order valence-corrected chi connectivity index (χ2v) is 2.98. The molecule has 0 aromatic heterocycles. The van der Waals surface area contributed by atoms with Crippen LogP contribution in [0.3, 0.4) is 0 Å². The third-order valence-corrected chi connectivity index (χ3v) is 1.94. The van der Waals surface area contributed by atoms with E-state index in [-0.39, 0.29) is 13.2 Å². The van der Waals surface area contributed by atoms with Gasteiger partial charge in [-0.15, -0.1) is 0 Å². The Balaban J connectivity index is 2.38. The zero-order valence-corrected chi connectivity index (χ0v) is 8.24. The highest BCUT2D eigenvalue weighted by molar-refractivity contribution is 5.62. The molecule has 1 atom stereocenters. The lowest BCUT2D eigenvalue weighted by Gasteiger charge is -2.22. The number of carbonyl (C=O) groups excluding carboxylic acids is 1. The molecule has 1 aliphatic rings. The van der Waals surface area contributed by atoms with Gasteiger partial charge in [0.1, 0.15) is 0 Å². The van der Waals surface area contributed by atoms with Crippen LogP contribution in [0.25, 0.3) is 0 Å². The van der Waals surface area contributed by atoms with Crippen molar-refractivity contribution in [1.29, 1.82) is 0 Å². The lowest BCUT2D eigenvalue weighted by molar-refractivity contribution is -0.173. The van der Waals surface area contributed by atoms with Crippen molar-refractivity contribution in [1.82, 2.24) is 0 Å². The summed E-state index contributed by atoms with van der Waals surface area (Å²) in [6.07, 6.45) is -1.01. The number of hydrogen-bond donors (Lipinski definition) is 0. The van der Waals surface area contributed by atoms with Gasteiger partial charge < -0.3 is 14.2 Å². The van der Waals surface area contributed by atoms with E-state index in [0.29, 0.717) is 12.5 Å². The largest absolute Gasteiger partial charge is 0.511 e. The number of allylic oxidation sites excluding steroid dienone is 1. The number of halogens is 2.